The summed E-state index contributed by atoms with van der Waals surface area (Å²) in [5.74, 6) is 1.67. The normalized spacial score (nSPS) is 15.0. The minimum atomic E-state index is -0.236. The molecule has 0 atom stereocenters. The van der Waals surface area contributed by atoms with Crippen molar-refractivity contribution in [2.24, 2.45) is 0 Å². The van der Waals surface area contributed by atoms with Gasteiger partial charge in [-0.15, -0.1) is 0 Å². The van der Waals surface area contributed by atoms with E-state index < -0.39 is 0 Å². The molecule has 1 aliphatic heterocycles. The highest BCUT2D eigenvalue weighted by atomic mass is 16.7. The van der Waals surface area contributed by atoms with Crippen LogP contribution in [0.1, 0.15) is 11.9 Å². The van der Waals surface area contributed by atoms with Crippen LogP contribution in [0, 0.1) is 0 Å². The van der Waals surface area contributed by atoms with Gasteiger partial charge in [0.2, 0.25) is 0 Å². The molecule has 4 nitrogen and oxygen atoms in total. The van der Waals surface area contributed by atoms with E-state index in [0.717, 1.165) is 17.1 Å². The number of rotatable bonds is 6. The molecule has 0 unspecified atom stereocenters. The molecule has 0 amide bonds. The lowest BCUT2D eigenvalue weighted by molar-refractivity contribution is -0.0441. The van der Waals surface area contributed by atoms with Gasteiger partial charge in [0.1, 0.15) is 24.7 Å². The molecule has 2 aromatic carbocycles. The summed E-state index contributed by atoms with van der Waals surface area (Å²) in [4.78, 5) is 0. The second-order valence-electron chi connectivity index (χ2n) is 4.65. The molecule has 4 heteroatoms. The third-order valence-electron chi connectivity index (χ3n) is 3.14. The Kier molecular flexibility index (Phi) is 4.71. The van der Waals surface area contributed by atoms with Gasteiger partial charge >= 0.3 is 0 Å². The van der Waals surface area contributed by atoms with Gasteiger partial charge in [-0.05, 0) is 24.3 Å². The van der Waals surface area contributed by atoms with Gasteiger partial charge in [-0.25, -0.2) is 0 Å². The smallest absolute Gasteiger partial charge is 0.184 e. The average Bonchev–Trinajstić information content (AvgIpc) is 3.08. The van der Waals surface area contributed by atoms with Crippen LogP contribution in [0.5, 0.6) is 11.5 Å². The third-order valence-corrected chi connectivity index (χ3v) is 3.14. The molecule has 1 saturated heterocycles. The van der Waals surface area contributed by atoms with E-state index in [1.807, 2.05) is 54.6 Å². The highest BCUT2D eigenvalue weighted by Gasteiger charge is 2.17. The quantitative estimate of drug-likeness (QED) is 0.764. The summed E-state index contributed by atoms with van der Waals surface area (Å²) in [6.07, 6.45) is -0.236. The lowest BCUT2D eigenvalue weighted by Crippen LogP contribution is -2.09. The molecular formula is C17H18O4. The zero-order valence-corrected chi connectivity index (χ0v) is 11.7. The lowest BCUT2D eigenvalue weighted by Gasteiger charge is -2.11. The molecule has 1 heterocycles. The van der Waals surface area contributed by atoms with Gasteiger partial charge in [0.05, 0.1) is 13.2 Å². The molecule has 0 radical (unpaired) electrons. The van der Waals surface area contributed by atoms with Crippen molar-refractivity contribution < 1.29 is 18.9 Å². The van der Waals surface area contributed by atoms with Crippen LogP contribution in [0.25, 0.3) is 0 Å². The summed E-state index contributed by atoms with van der Waals surface area (Å²) in [6.45, 7) is 2.32. The van der Waals surface area contributed by atoms with E-state index >= 15 is 0 Å². The maximum absolute atomic E-state index is 5.64. The van der Waals surface area contributed by atoms with Crippen LogP contribution in [0.4, 0.5) is 0 Å². The Bertz CT molecular complexity index is 532. The van der Waals surface area contributed by atoms with Crippen molar-refractivity contribution >= 4 is 0 Å². The molecule has 21 heavy (non-hydrogen) atoms. The molecule has 0 saturated carbocycles. The zero-order chi connectivity index (χ0) is 14.3. The molecule has 1 fully saturated rings. The van der Waals surface area contributed by atoms with E-state index in [1.54, 1.807) is 0 Å². The van der Waals surface area contributed by atoms with Gasteiger partial charge in [0.25, 0.3) is 0 Å². The summed E-state index contributed by atoms with van der Waals surface area (Å²) < 4.78 is 22.1. The van der Waals surface area contributed by atoms with Crippen LogP contribution >= 0.6 is 0 Å². The van der Waals surface area contributed by atoms with Crippen LogP contribution in [0.15, 0.2) is 54.6 Å². The number of hydrogen-bond acceptors (Lipinski definition) is 4. The summed E-state index contributed by atoms with van der Waals surface area (Å²) >= 11 is 0. The fourth-order valence-corrected chi connectivity index (χ4v) is 2.11. The summed E-state index contributed by atoms with van der Waals surface area (Å²) in [5.41, 5.74) is 1.01. The van der Waals surface area contributed by atoms with Crippen molar-refractivity contribution in [3.05, 3.63) is 60.2 Å². The minimum absolute atomic E-state index is 0.236. The Morgan fingerprint density at radius 2 is 1.33 bits per heavy atom. The van der Waals surface area contributed by atoms with Crippen LogP contribution in [0.2, 0.25) is 0 Å². The van der Waals surface area contributed by atoms with Crippen molar-refractivity contribution in [2.45, 2.75) is 6.29 Å². The van der Waals surface area contributed by atoms with Crippen LogP contribution in [-0.2, 0) is 9.47 Å². The first-order valence-electron chi connectivity index (χ1n) is 7.06. The molecule has 2 aromatic rings. The third kappa shape index (κ3) is 3.97. The second kappa shape index (κ2) is 7.11. The highest BCUT2D eigenvalue weighted by molar-refractivity contribution is 5.28. The van der Waals surface area contributed by atoms with Gasteiger partial charge in [-0.1, -0.05) is 30.3 Å². The largest absolute Gasteiger partial charge is 0.490 e. The Hall–Kier alpha value is -2.04. The summed E-state index contributed by atoms with van der Waals surface area (Å²) in [7, 11) is 0. The first kappa shape index (κ1) is 13.9. The molecule has 1 aliphatic rings. The number of ether oxygens (including phenoxy) is 4. The van der Waals surface area contributed by atoms with Crippen LogP contribution < -0.4 is 9.47 Å². The fraction of sp³-hybridized carbons (Fsp3) is 0.294. The molecule has 3 rings (SSSR count). The summed E-state index contributed by atoms with van der Waals surface area (Å²) in [6, 6.07) is 17.5. The molecule has 0 aromatic heterocycles. The second-order valence-corrected chi connectivity index (χ2v) is 4.65. The van der Waals surface area contributed by atoms with Gasteiger partial charge in [-0.3, -0.25) is 0 Å². The molecule has 0 bridgehead atoms. The van der Waals surface area contributed by atoms with Gasteiger partial charge in [-0.2, -0.15) is 0 Å². The predicted molar refractivity (Wildman–Crippen MR) is 78.5 cm³/mol. The van der Waals surface area contributed by atoms with Gasteiger partial charge in [0.15, 0.2) is 6.29 Å². The van der Waals surface area contributed by atoms with E-state index in [4.69, 9.17) is 18.9 Å². The molecule has 110 valence electrons. The first-order valence-corrected chi connectivity index (χ1v) is 7.06. The van der Waals surface area contributed by atoms with Crippen molar-refractivity contribution in [3.63, 3.8) is 0 Å². The van der Waals surface area contributed by atoms with E-state index in [1.165, 1.54) is 0 Å². The molecule has 0 spiro atoms. The van der Waals surface area contributed by atoms with Crippen molar-refractivity contribution in [1.82, 2.24) is 0 Å². The Morgan fingerprint density at radius 1 is 0.762 bits per heavy atom. The number of hydrogen-bond donors (Lipinski definition) is 0. The topological polar surface area (TPSA) is 36.9 Å². The predicted octanol–water partition coefficient (Wildman–Crippen LogP) is 3.19. The van der Waals surface area contributed by atoms with Gasteiger partial charge in [0, 0.05) is 5.56 Å². The van der Waals surface area contributed by atoms with Crippen molar-refractivity contribution in [2.75, 3.05) is 26.4 Å². The monoisotopic (exact) mass is 286 g/mol. The SMILES string of the molecule is c1ccc(OCCOc2ccc(C3OCCO3)cc2)cc1. The lowest BCUT2D eigenvalue weighted by atomic mass is 10.2. The Labute approximate surface area is 124 Å². The fourth-order valence-electron chi connectivity index (χ4n) is 2.11. The zero-order valence-electron chi connectivity index (χ0n) is 11.7. The van der Waals surface area contributed by atoms with E-state index in [9.17, 15) is 0 Å². The average molecular weight is 286 g/mol. The molecule has 0 aliphatic carbocycles. The Balaban J connectivity index is 1.43. The van der Waals surface area contributed by atoms with Crippen LogP contribution in [0.3, 0.4) is 0 Å². The number of para-hydroxylation sites is 1. The highest BCUT2D eigenvalue weighted by Crippen LogP contribution is 2.24. The maximum Gasteiger partial charge on any atom is 0.184 e. The molecular weight excluding hydrogens is 268 g/mol. The van der Waals surface area contributed by atoms with E-state index in [0.29, 0.717) is 26.4 Å². The minimum Gasteiger partial charge on any atom is -0.490 e. The maximum atomic E-state index is 5.64. The van der Waals surface area contributed by atoms with Crippen molar-refractivity contribution in [1.29, 1.82) is 0 Å². The standard InChI is InChI=1S/C17H18O4/c1-2-4-15(5-3-1)18-10-11-19-16-8-6-14(7-9-16)17-20-12-13-21-17/h1-9,17H,10-13H2. The van der Waals surface area contributed by atoms with Gasteiger partial charge < -0.3 is 18.9 Å². The number of benzene rings is 2. The summed E-state index contributed by atoms with van der Waals surface area (Å²) in [5, 5.41) is 0. The first-order chi connectivity index (χ1) is 10.4. The van der Waals surface area contributed by atoms with Crippen LogP contribution in [-0.4, -0.2) is 26.4 Å². The molecule has 0 N–H and O–H groups in total. The van der Waals surface area contributed by atoms with E-state index in [-0.39, 0.29) is 6.29 Å². The van der Waals surface area contributed by atoms with Crippen molar-refractivity contribution in [3.8, 4) is 11.5 Å². The van der Waals surface area contributed by atoms with E-state index in [2.05, 4.69) is 0 Å². The Morgan fingerprint density at radius 3 is 1.95 bits per heavy atom.